The molecule has 0 atom stereocenters. The smallest absolute Gasteiger partial charge is 0.135 e. The second-order valence-corrected chi connectivity index (χ2v) is 20.5. The van der Waals surface area contributed by atoms with Gasteiger partial charge >= 0.3 is 0 Å². The molecule has 0 N–H and O–H groups in total. The Morgan fingerprint density at radius 2 is 1.23 bits per heavy atom. The standard InChI is InChI=1S/C63H61N4O.Pt/c1-39(2)51-20-12-13-21-54(51)45-33-48(36-50(34-45)68-49-26-27-56-55-22-14-15-25-57(55)67(58(56)37-49)61-35-46(28-29-64-61)63(9,10)11)66-38-65(59-30-42(7)43(8)31-60(59)66)47-19-16-18-44(32-47)62-52(40(3)4)23-17-24-53(62)41(5)6;/h12-35,38-41H,1-11H3;/q-3;. The van der Waals surface area contributed by atoms with Crippen LogP contribution < -0.4 is 14.5 Å². The van der Waals surface area contributed by atoms with E-state index in [1.165, 1.54) is 50.1 Å². The van der Waals surface area contributed by atoms with Gasteiger partial charge < -0.3 is 19.1 Å². The van der Waals surface area contributed by atoms with Crippen LogP contribution >= 0.6 is 0 Å². The van der Waals surface area contributed by atoms with Gasteiger partial charge in [0.2, 0.25) is 0 Å². The van der Waals surface area contributed by atoms with Gasteiger partial charge in [-0.15, -0.1) is 53.6 Å². The number of benzene rings is 7. The van der Waals surface area contributed by atoms with Crippen molar-refractivity contribution in [1.82, 2.24) is 9.55 Å². The van der Waals surface area contributed by atoms with Gasteiger partial charge in [-0.05, 0) is 135 Å². The Morgan fingerprint density at radius 3 is 1.94 bits per heavy atom. The van der Waals surface area contributed by atoms with Crippen LogP contribution in [0.2, 0.25) is 0 Å². The number of hydrogen-bond acceptors (Lipinski definition) is 4. The SMILES string of the molecule is Cc1cc2c(cc1C)N(c1cccc(-c3c(C(C)C)cccc3C(C)C)c1)[CH-]N2c1[c-]c(Oc2[c-]c3c(cc2)c2ccccc2n3-c2cc(C(C)(C)C)ccn2)cc(-c2ccccc2C(C)C)c1.[Pt]. The van der Waals surface area contributed by atoms with Crippen molar-refractivity contribution in [1.29, 1.82) is 0 Å². The van der Waals surface area contributed by atoms with E-state index in [1.807, 2.05) is 12.3 Å². The summed E-state index contributed by atoms with van der Waals surface area (Å²) >= 11 is 0. The molecule has 0 aliphatic carbocycles. The Morgan fingerprint density at radius 1 is 0.580 bits per heavy atom. The Kier molecular flexibility index (Phi) is 13.0. The molecular formula is C63H61N4OPt-3. The van der Waals surface area contributed by atoms with Crippen LogP contribution in [0.3, 0.4) is 0 Å². The minimum absolute atomic E-state index is 0. The Balaban J connectivity index is 0.00000593. The summed E-state index contributed by atoms with van der Waals surface area (Å²) in [4.78, 5) is 9.53. The van der Waals surface area contributed by atoms with Gasteiger partial charge in [0.05, 0.1) is 0 Å². The number of pyridine rings is 1. The maximum absolute atomic E-state index is 6.98. The van der Waals surface area contributed by atoms with Gasteiger partial charge in [-0.3, -0.25) is 0 Å². The molecule has 9 aromatic rings. The summed E-state index contributed by atoms with van der Waals surface area (Å²) in [5.74, 6) is 3.15. The van der Waals surface area contributed by atoms with Crippen LogP contribution in [-0.2, 0) is 26.5 Å². The molecule has 0 saturated carbocycles. The summed E-state index contributed by atoms with van der Waals surface area (Å²) in [6.45, 7) is 27.0. The van der Waals surface area contributed by atoms with Crippen LogP contribution in [0.4, 0.5) is 22.7 Å². The van der Waals surface area contributed by atoms with Crippen molar-refractivity contribution in [2.24, 2.45) is 0 Å². The third-order valence-corrected chi connectivity index (χ3v) is 13.7. The fourth-order valence-electron chi connectivity index (χ4n) is 9.93. The predicted octanol–water partition coefficient (Wildman–Crippen LogP) is 17.6. The largest absolute Gasteiger partial charge is 0.509 e. The number of ether oxygens (including phenoxy) is 1. The van der Waals surface area contributed by atoms with E-state index in [2.05, 4.69) is 243 Å². The summed E-state index contributed by atoms with van der Waals surface area (Å²) in [5.41, 5.74) is 18.6. The molecule has 0 fully saturated rings. The van der Waals surface area contributed by atoms with Crippen LogP contribution in [0.1, 0.15) is 113 Å². The molecule has 1 aliphatic heterocycles. The van der Waals surface area contributed by atoms with Crippen LogP contribution in [0.25, 0.3) is 49.9 Å². The van der Waals surface area contributed by atoms with Crippen molar-refractivity contribution < 1.29 is 25.8 Å². The van der Waals surface area contributed by atoms with Crippen molar-refractivity contribution in [3.8, 4) is 39.6 Å². The van der Waals surface area contributed by atoms with Gasteiger partial charge in [0, 0.05) is 61.3 Å². The van der Waals surface area contributed by atoms with Crippen molar-refractivity contribution in [3.05, 3.63) is 198 Å². The van der Waals surface area contributed by atoms with Crippen molar-refractivity contribution in [2.45, 2.75) is 99.3 Å². The molecule has 10 rings (SSSR count). The quantitative estimate of drug-likeness (QED) is 0.128. The maximum Gasteiger partial charge on any atom is 0.135 e. The van der Waals surface area contributed by atoms with Gasteiger partial charge in [-0.2, -0.15) is 6.07 Å². The van der Waals surface area contributed by atoms with Crippen LogP contribution in [0, 0.1) is 32.6 Å². The fourth-order valence-corrected chi connectivity index (χ4v) is 9.93. The molecule has 0 amide bonds. The molecular weight excluding hydrogens is 1020 g/mol. The van der Waals surface area contributed by atoms with Crippen molar-refractivity contribution in [2.75, 3.05) is 9.80 Å². The van der Waals surface area contributed by atoms with Crippen LogP contribution in [-0.4, -0.2) is 9.55 Å². The first-order chi connectivity index (χ1) is 32.6. The van der Waals surface area contributed by atoms with E-state index in [4.69, 9.17) is 9.72 Å². The number of para-hydroxylation sites is 1. The number of fused-ring (bicyclic) bond motifs is 4. The number of aryl methyl sites for hydroxylation is 2. The topological polar surface area (TPSA) is 33.5 Å². The molecule has 0 bridgehead atoms. The zero-order valence-corrected chi connectivity index (χ0v) is 44.0. The summed E-state index contributed by atoms with van der Waals surface area (Å²) < 4.78 is 9.20. The minimum Gasteiger partial charge on any atom is -0.509 e. The second-order valence-electron chi connectivity index (χ2n) is 20.5. The summed E-state index contributed by atoms with van der Waals surface area (Å²) in [5, 5.41) is 2.23. The van der Waals surface area contributed by atoms with E-state index < -0.39 is 0 Å². The molecule has 5 nitrogen and oxygen atoms in total. The second kappa shape index (κ2) is 18.8. The van der Waals surface area contributed by atoms with E-state index in [1.54, 1.807) is 0 Å². The van der Waals surface area contributed by atoms with Crippen LogP contribution in [0.15, 0.2) is 146 Å². The molecule has 0 spiro atoms. The first-order valence-electron chi connectivity index (χ1n) is 24.2. The molecule has 2 aromatic heterocycles. The minimum atomic E-state index is -0.0374. The molecule has 0 radical (unpaired) electrons. The zero-order valence-electron chi connectivity index (χ0n) is 41.7. The molecule has 1 aliphatic rings. The third-order valence-electron chi connectivity index (χ3n) is 13.7. The molecule has 0 saturated heterocycles. The number of hydrogen-bond donors (Lipinski definition) is 0. The van der Waals surface area contributed by atoms with Crippen molar-refractivity contribution >= 4 is 44.6 Å². The number of anilines is 4. The molecule has 3 heterocycles. The molecule has 7 aromatic carbocycles. The van der Waals surface area contributed by atoms with Gasteiger partial charge in [0.25, 0.3) is 0 Å². The summed E-state index contributed by atoms with van der Waals surface area (Å²) in [7, 11) is 0. The fraction of sp³-hybridized carbons (Fsp3) is 0.238. The van der Waals surface area contributed by atoms with E-state index in [0.29, 0.717) is 29.3 Å². The molecule has 6 heteroatoms. The van der Waals surface area contributed by atoms with E-state index in [0.717, 1.165) is 55.9 Å². The van der Waals surface area contributed by atoms with E-state index in [9.17, 15) is 0 Å². The molecule has 0 unspecified atom stereocenters. The Hall–Kier alpha value is -6.42. The first-order valence-corrected chi connectivity index (χ1v) is 24.2. The van der Waals surface area contributed by atoms with Gasteiger partial charge in [0.15, 0.2) is 0 Å². The Bertz CT molecular complexity index is 3350. The van der Waals surface area contributed by atoms with Gasteiger partial charge in [0.1, 0.15) is 5.82 Å². The average Bonchev–Trinajstić information content (AvgIpc) is 3.86. The van der Waals surface area contributed by atoms with E-state index >= 15 is 0 Å². The summed E-state index contributed by atoms with van der Waals surface area (Å²) in [6.07, 6.45) is 1.91. The number of aromatic nitrogens is 2. The predicted molar refractivity (Wildman–Crippen MR) is 286 cm³/mol. The van der Waals surface area contributed by atoms with Crippen LogP contribution in [0.5, 0.6) is 11.5 Å². The first kappa shape index (κ1) is 47.6. The molecule has 69 heavy (non-hydrogen) atoms. The number of rotatable bonds is 10. The maximum atomic E-state index is 6.98. The van der Waals surface area contributed by atoms with E-state index in [-0.39, 0.29) is 26.5 Å². The van der Waals surface area contributed by atoms with Gasteiger partial charge in [-0.25, -0.2) is 4.98 Å². The summed E-state index contributed by atoms with van der Waals surface area (Å²) in [6, 6.07) is 58.1. The Labute approximate surface area is 424 Å². The third kappa shape index (κ3) is 8.92. The van der Waals surface area contributed by atoms with Crippen molar-refractivity contribution in [3.63, 3.8) is 0 Å². The number of nitrogens with zero attached hydrogens (tertiary/aromatic N) is 4. The normalized spacial score (nSPS) is 12.7. The average molecular weight is 1090 g/mol. The zero-order chi connectivity index (χ0) is 47.6. The molecule has 352 valence electrons. The monoisotopic (exact) mass is 1080 g/mol. The van der Waals surface area contributed by atoms with Gasteiger partial charge in [-0.1, -0.05) is 141 Å².